The van der Waals surface area contributed by atoms with Gasteiger partial charge in [0, 0.05) is 12.1 Å². The van der Waals surface area contributed by atoms with Crippen LogP contribution in [0.2, 0.25) is 0 Å². The van der Waals surface area contributed by atoms with Crippen LogP contribution in [0.15, 0.2) is 18.5 Å². The van der Waals surface area contributed by atoms with Gasteiger partial charge in [-0.25, -0.2) is 4.98 Å². The van der Waals surface area contributed by atoms with Gasteiger partial charge in [-0.05, 0) is 43.1 Å². The minimum Gasteiger partial charge on any atom is -0.462 e. The van der Waals surface area contributed by atoms with E-state index in [1.54, 1.807) is 6.20 Å². The number of esters is 1. The number of carbonyl (C=O) groups excluding carboxylic acids is 1. The van der Waals surface area contributed by atoms with Crippen LogP contribution in [0.1, 0.15) is 70.5 Å². The van der Waals surface area contributed by atoms with E-state index in [-0.39, 0.29) is 23.4 Å². The van der Waals surface area contributed by atoms with Crippen molar-refractivity contribution in [2.45, 2.75) is 70.8 Å². The van der Waals surface area contributed by atoms with E-state index < -0.39 is 0 Å². The minimum absolute atomic E-state index is 0.0259. The van der Waals surface area contributed by atoms with Gasteiger partial charge in [0.05, 0.1) is 18.1 Å². The first kappa shape index (κ1) is 17.6. The highest BCUT2D eigenvalue weighted by Crippen LogP contribution is 2.45. The summed E-state index contributed by atoms with van der Waals surface area (Å²) in [4.78, 5) is 20.0. The number of aromatic amines is 1. The molecule has 2 aliphatic rings. The predicted octanol–water partition coefficient (Wildman–Crippen LogP) is 4.00. The number of fused-ring (bicyclic) bond motifs is 3. The van der Waals surface area contributed by atoms with Crippen molar-refractivity contribution in [2.24, 2.45) is 11.3 Å². The fourth-order valence-electron chi connectivity index (χ4n) is 5.11. The Bertz CT molecular complexity index is 1020. The Morgan fingerprint density at radius 3 is 2.96 bits per heavy atom. The lowest BCUT2D eigenvalue weighted by Gasteiger charge is -2.37. The van der Waals surface area contributed by atoms with Crippen LogP contribution >= 0.6 is 0 Å². The van der Waals surface area contributed by atoms with Crippen molar-refractivity contribution >= 4 is 22.8 Å². The molecule has 28 heavy (non-hydrogen) atoms. The van der Waals surface area contributed by atoms with E-state index in [2.05, 4.69) is 38.4 Å². The zero-order valence-corrected chi connectivity index (χ0v) is 16.5. The van der Waals surface area contributed by atoms with Crippen molar-refractivity contribution in [2.75, 3.05) is 0 Å². The van der Waals surface area contributed by atoms with E-state index in [1.807, 2.05) is 12.3 Å². The van der Waals surface area contributed by atoms with Crippen molar-refractivity contribution in [3.05, 3.63) is 24.3 Å². The van der Waals surface area contributed by atoms with E-state index in [4.69, 9.17) is 4.74 Å². The minimum atomic E-state index is -0.0361. The maximum atomic E-state index is 12.5. The molecule has 0 radical (unpaired) electrons. The largest absolute Gasteiger partial charge is 0.462 e. The molecule has 0 unspecified atom stereocenters. The molecule has 0 aliphatic heterocycles. The molecule has 0 saturated heterocycles. The normalized spacial score (nSPS) is 26.6. The van der Waals surface area contributed by atoms with Crippen molar-refractivity contribution < 1.29 is 9.53 Å². The van der Waals surface area contributed by atoms with Gasteiger partial charge in [0.1, 0.15) is 11.9 Å². The molecule has 2 aliphatic carbocycles. The average Bonchev–Trinajstić information content (AvgIpc) is 3.36. The third-order valence-corrected chi connectivity index (χ3v) is 6.90. The number of H-pyrrole nitrogens is 1. The molecule has 2 fully saturated rings. The maximum absolute atomic E-state index is 12.5. The number of hydrogen-bond donors (Lipinski definition) is 1. The molecule has 3 aromatic heterocycles. The lowest BCUT2D eigenvalue weighted by molar-refractivity contribution is -0.152. The van der Waals surface area contributed by atoms with Crippen molar-refractivity contribution in [3.8, 4) is 0 Å². The highest BCUT2D eigenvalue weighted by atomic mass is 16.5. The number of rotatable bonds is 5. The summed E-state index contributed by atoms with van der Waals surface area (Å²) in [5.41, 5.74) is 2.74. The number of carbonyl (C=O) groups is 1. The Balaban J connectivity index is 1.38. The zero-order chi connectivity index (χ0) is 19.3. The summed E-state index contributed by atoms with van der Waals surface area (Å²) >= 11 is 0. The van der Waals surface area contributed by atoms with Gasteiger partial charge in [-0.2, -0.15) is 0 Å². The summed E-state index contributed by atoms with van der Waals surface area (Å²) in [6.45, 7) is 4.40. The number of nitrogens with one attached hydrogen (secondary N) is 1. The van der Waals surface area contributed by atoms with Crippen LogP contribution in [0, 0.1) is 11.3 Å². The SMILES string of the molecule is CC[C@@H]1C[C@H](OC(=O)CC2(C)CCC2)C[C@@H]1c1nnc2cnc3[nH]ccc3n12. The molecule has 3 heterocycles. The maximum Gasteiger partial charge on any atom is 0.306 e. The summed E-state index contributed by atoms with van der Waals surface area (Å²) in [7, 11) is 0. The third kappa shape index (κ3) is 2.88. The lowest BCUT2D eigenvalue weighted by Crippen LogP contribution is -2.30. The van der Waals surface area contributed by atoms with Gasteiger partial charge < -0.3 is 9.72 Å². The van der Waals surface area contributed by atoms with E-state index in [1.165, 1.54) is 6.42 Å². The van der Waals surface area contributed by atoms with Gasteiger partial charge in [-0.1, -0.05) is 26.7 Å². The smallest absolute Gasteiger partial charge is 0.306 e. The highest BCUT2D eigenvalue weighted by molar-refractivity contribution is 5.74. The second kappa shape index (κ2) is 6.57. The average molecular weight is 381 g/mol. The molecule has 7 nitrogen and oxygen atoms in total. The van der Waals surface area contributed by atoms with Crippen LogP contribution in [0.5, 0.6) is 0 Å². The molecule has 2 saturated carbocycles. The third-order valence-electron chi connectivity index (χ3n) is 6.90. The van der Waals surface area contributed by atoms with Crippen LogP contribution in [0.25, 0.3) is 16.8 Å². The Kier molecular flexibility index (Phi) is 4.14. The van der Waals surface area contributed by atoms with E-state index in [9.17, 15) is 4.79 Å². The molecule has 0 bridgehead atoms. The zero-order valence-electron chi connectivity index (χ0n) is 16.5. The van der Waals surface area contributed by atoms with Gasteiger partial charge in [0.15, 0.2) is 11.3 Å². The predicted molar refractivity (Wildman–Crippen MR) is 105 cm³/mol. The van der Waals surface area contributed by atoms with Crippen molar-refractivity contribution in [3.63, 3.8) is 0 Å². The van der Waals surface area contributed by atoms with Crippen LogP contribution < -0.4 is 0 Å². The van der Waals surface area contributed by atoms with Gasteiger partial charge in [-0.15, -0.1) is 10.2 Å². The molecule has 0 spiro atoms. The fourth-order valence-corrected chi connectivity index (χ4v) is 5.11. The second-order valence-electron chi connectivity index (χ2n) is 8.92. The number of ether oxygens (including phenoxy) is 1. The molecule has 7 heteroatoms. The first-order valence-corrected chi connectivity index (χ1v) is 10.4. The molecule has 0 amide bonds. The molecule has 0 aromatic carbocycles. The fraction of sp³-hybridized carbons (Fsp3) is 0.619. The molecule has 3 aromatic rings. The molecule has 5 rings (SSSR count). The van der Waals surface area contributed by atoms with Crippen molar-refractivity contribution in [1.29, 1.82) is 0 Å². The summed E-state index contributed by atoms with van der Waals surface area (Å²) < 4.78 is 8.02. The summed E-state index contributed by atoms with van der Waals surface area (Å²) in [5.74, 6) is 1.59. The van der Waals surface area contributed by atoms with Crippen LogP contribution in [-0.4, -0.2) is 36.6 Å². The van der Waals surface area contributed by atoms with Crippen LogP contribution in [-0.2, 0) is 9.53 Å². The molecular weight excluding hydrogens is 354 g/mol. The summed E-state index contributed by atoms with van der Waals surface area (Å²) in [6.07, 6.45) is 10.4. The van der Waals surface area contributed by atoms with Crippen LogP contribution in [0.4, 0.5) is 0 Å². The van der Waals surface area contributed by atoms with E-state index in [0.717, 1.165) is 54.7 Å². The molecule has 1 N–H and O–H groups in total. The van der Waals surface area contributed by atoms with Gasteiger partial charge >= 0.3 is 5.97 Å². The van der Waals surface area contributed by atoms with Crippen molar-refractivity contribution in [1.82, 2.24) is 24.6 Å². The second-order valence-corrected chi connectivity index (χ2v) is 8.92. The Morgan fingerprint density at radius 1 is 1.36 bits per heavy atom. The molecular formula is C21H27N5O2. The quantitative estimate of drug-likeness (QED) is 0.675. The number of nitrogens with zero attached hydrogens (tertiary/aromatic N) is 4. The standard InChI is InChI=1S/C21H27N5O2/c1-3-13-9-14(28-18(27)11-21(2)6-4-7-21)10-15(13)20-25-24-17-12-23-19-16(26(17)20)5-8-22-19/h5,8,12-15,22H,3-4,6-7,9-11H2,1-2H3/t13-,14+,15+/m1/s1. The monoisotopic (exact) mass is 381 g/mol. The highest BCUT2D eigenvalue weighted by Gasteiger charge is 2.40. The molecule has 3 atom stereocenters. The Hall–Kier alpha value is -2.44. The lowest BCUT2D eigenvalue weighted by atomic mass is 9.68. The van der Waals surface area contributed by atoms with Crippen LogP contribution in [0.3, 0.4) is 0 Å². The summed E-state index contributed by atoms with van der Waals surface area (Å²) in [5, 5.41) is 8.86. The molecule has 148 valence electrons. The first-order chi connectivity index (χ1) is 13.6. The first-order valence-electron chi connectivity index (χ1n) is 10.4. The number of hydrogen-bond acceptors (Lipinski definition) is 5. The number of aromatic nitrogens is 5. The Labute approximate surface area is 163 Å². The van der Waals surface area contributed by atoms with Gasteiger partial charge in [0.25, 0.3) is 0 Å². The Morgan fingerprint density at radius 2 is 2.21 bits per heavy atom. The van der Waals surface area contributed by atoms with E-state index in [0.29, 0.717) is 12.3 Å². The topological polar surface area (TPSA) is 85.2 Å². The van der Waals surface area contributed by atoms with E-state index >= 15 is 0 Å². The summed E-state index contributed by atoms with van der Waals surface area (Å²) in [6, 6.07) is 2.01. The van der Waals surface area contributed by atoms with Gasteiger partial charge in [0.2, 0.25) is 0 Å². The van der Waals surface area contributed by atoms with Gasteiger partial charge in [-0.3, -0.25) is 9.20 Å².